The van der Waals surface area contributed by atoms with E-state index in [0.29, 0.717) is 18.0 Å². The molecule has 1 fully saturated rings. The van der Waals surface area contributed by atoms with Crippen LogP contribution in [0.3, 0.4) is 0 Å². The summed E-state index contributed by atoms with van der Waals surface area (Å²) in [6.45, 7) is 5.05. The van der Waals surface area contributed by atoms with Crippen LogP contribution in [-0.2, 0) is 9.53 Å². The van der Waals surface area contributed by atoms with Gasteiger partial charge in [0.1, 0.15) is 0 Å². The molecule has 0 spiro atoms. The minimum absolute atomic E-state index is 0.0280. The third-order valence-corrected chi connectivity index (χ3v) is 3.40. The van der Waals surface area contributed by atoms with Crippen LogP contribution in [0.5, 0.6) is 0 Å². The van der Waals surface area contributed by atoms with Crippen molar-refractivity contribution in [2.45, 2.75) is 19.4 Å². The first-order chi connectivity index (χ1) is 9.18. The van der Waals surface area contributed by atoms with Crippen LogP contribution < -0.4 is 11.1 Å². The van der Waals surface area contributed by atoms with Crippen LogP contribution in [0, 0.1) is 0 Å². The van der Waals surface area contributed by atoms with Gasteiger partial charge in [0.25, 0.3) is 0 Å². The Kier molecular flexibility index (Phi) is 4.76. The second-order valence-electron chi connectivity index (χ2n) is 4.75. The average Bonchev–Trinajstić information content (AvgIpc) is 2.69. The normalized spacial score (nSPS) is 18.6. The standard InChI is InChI=1S/C14H21N3O2/c1-11(17-7-4-9-19-10-8-17)14(18)16-13-6-3-2-5-12(13)15/h2-3,5-6,11H,4,7-10,15H2,1H3,(H,16,18). The molecule has 5 nitrogen and oxygen atoms in total. The number of para-hydroxylation sites is 2. The molecule has 1 aromatic rings. The van der Waals surface area contributed by atoms with Gasteiger partial charge >= 0.3 is 0 Å². The van der Waals surface area contributed by atoms with Gasteiger partial charge in [0.15, 0.2) is 0 Å². The quantitative estimate of drug-likeness (QED) is 0.807. The number of anilines is 2. The number of nitrogens with one attached hydrogen (secondary N) is 1. The molecule has 1 aromatic carbocycles. The predicted molar refractivity (Wildman–Crippen MR) is 76.0 cm³/mol. The molecule has 0 aromatic heterocycles. The lowest BCUT2D eigenvalue weighted by Gasteiger charge is -2.26. The van der Waals surface area contributed by atoms with Crippen LogP contribution in [-0.4, -0.2) is 43.2 Å². The number of ether oxygens (including phenoxy) is 1. The average molecular weight is 263 g/mol. The van der Waals surface area contributed by atoms with Gasteiger partial charge in [-0.3, -0.25) is 9.69 Å². The number of carbonyl (C=O) groups is 1. The van der Waals surface area contributed by atoms with E-state index in [9.17, 15) is 4.79 Å². The number of carbonyl (C=O) groups excluding carboxylic acids is 1. The lowest BCUT2D eigenvalue weighted by Crippen LogP contribution is -2.43. The van der Waals surface area contributed by atoms with E-state index in [1.54, 1.807) is 6.07 Å². The van der Waals surface area contributed by atoms with Gasteiger partial charge in [0, 0.05) is 19.7 Å². The third-order valence-electron chi connectivity index (χ3n) is 3.40. The molecule has 1 aliphatic heterocycles. The lowest BCUT2D eigenvalue weighted by molar-refractivity contribution is -0.120. The van der Waals surface area contributed by atoms with Crippen molar-refractivity contribution in [3.05, 3.63) is 24.3 Å². The zero-order valence-electron chi connectivity index (χ0n) is 11.3. The molecule has 104 valence electrons. The molecule has 0 saturated carbocycles. The molecular formula is C14H21N3O2. The number of rotatable bonds is 3. The number of benzene rings is 1. The van der Waals surface area contributed by atoms with E-state index in [0.717, 1.165) is 26.1 Å². The summed E-state index contributed by atoms with van der Waals surface area (Å²) < 4.78 is 5.40. The van der Waals surface area contributed by atoms with Crippen LogP contribution >= 0.6 is 0 Å². The largest absolute Gasteiger partial charge is 0.397 e. The van der Waals surface area contributed by atoms with Gasteiger partial charge in [0.2, 0.25) is 5.91 Å². The molecule has 1 unspecified atom stereocenters. The van der Waals surface area contributed by atoms with Crippen LogP contribution in [0.4, 0.5) is 11.4 Å². The topological polar surface area (TPSA) is 67.6 Å². The molecule has 1 amide bonds. The van der Waals surface area contributed by atoms with Crippen molar-refractivity contribution in [3.8, 4) is 0 Å². The van der Waals surface area contributed by atoms with Crippen LogP contribution in [0.25, 0.3) is 0 Å². The Bertz CT molecular complexity index is 428. The zero-order chi connectivity index (χ0) is 13.7. The molecule has 1 aliphatic rings. The molecule has 1 saturated heterocycles. The Morgan fingerprint density at radius 1 is 1.37 bits per heavy atom. The molecule has 0 bridgehead atoms. The summed E-state index contributed by atoms with van der Waals surface area (Å²) in [7, 11) is 0. The van der Waals surface area contributed by atoms with Crippen molar-refractivity contribution < 1.29 is 9.53 Å². The van der Waals surface area contributed by atoms with Crippen molar-refractivity contribution in [1.82, 2.24) is 4.90 Å². The SMILES string of the molecule is CC(C(=O)Nc1ccccc1N)N1CCCOCC1. The van der Waals surface area contributed by atoms with E-state index < -0.39 is 0 Å². The fraction of sp³-hybridized carbons (Fsp3) is 0.500. The smallest absolute Gasteiger partial charge is 0.241 e. The Morgan fingerprint density at radius 3 is 2.95 bits per heavy atom. The third kappa shape index (κ3) is 3.68. The van der Waals surface area contributed by atoms with E-state index in [1.165, 1.54) is 0 Å². The minimum atomic E-state index is -0.179. The van der Waals surface area contributed by atoms with Crippen molar-refractivity contribution in [3.63, 3.8) is 0 Å². The van der Waals surface area contributed by atoms with E-state index in [2.05, 4.69) is 10.2 Å². The first-order valence-electron chi connectivity index (χ1n) is 6.65. The maximum absolute atomic E-state index is 12.2. The van der Waals surface area contributed by atoms with Crippen molar-refractivity contribution >= 4 is 17.3 Å². The molecule has 2 rings (SSSR count). The van der Waals surface area contributed by atoms with Gasteiger partial charge in [-0.2, -0.15) is 0 Å². The van der Waals surface area contributed by atoms with Gasteiger partial charge in [0.05, 0.1) is 24.0 Å². The molecule has 0 radical (unpaired) electrons. The van der Waals surface area contributed by atoms with Crippen LogP contribution in [0.15, 0.2) is 24.3 Å². The van der Waals surface area contributed by atoms with E-state index >= 15 is 0 Å². The molecule has 1 heterocycles. The van der Waals surface area contributed by atoms with E-state index in [1.807, 2.05) is 25.1 Å². The van der Waals surface area contributed by atoms with Crippen molar-refractivity contribution in [2.24, 2.45) is 0 Å². The summed E-state index contributed by atoms with van der Waals surface area (Å²) in [5, 5.41) is 2.88. The van der Waals surface area contributed by atoms with Gasteiger partial charge in [-0.15, -0.1) is 0 Å². The Morgan fingerprint density at radius 2 is 2.16 bits per heavy atom. The van der Waals surface area contributed by atoms with Crippen LogP contribution in [0.1, 0.15) is 13.3 Å². The first-order valence-corrected chi connectivity index (χ1v) is 6.65. The van der Waals surface area contributed by atoms with Gasteiger partial charge in [-0.25, -0.2) is 0 Å². The summed E-state index contributed by atoms with van der Waals surface area (Å²) in [5.41, 5.74) is 7.08. The van der Waals surface area contributed by atoms with Crippen molar-refractivity contribution in [1.29, 1.82) is 0 Å². The maximum Gasteiger partial charge on any atom is 0.241 e. The summed E-state index contributed by atoms with van der Waals surface area (Å²) in [5.74, 6) is -0.0280. The number of nitrogen functional groups attached to an aromatic ring is 1. The number of hydrogen-bond donors (Lipinski definition) is 2. The molecule has 0 aliphatic carbocycles. The highest BCUT2D eigenvalue weighted by Gasteiger charge is 2.22. The predicted octanol–water partition coefficient (Wildman–Crippen LogP) is 1.32. The molecule has 1 atom stereocenters. The second kappa shape index (κ2) is 6.54. The Labute approximate surface area is 113 Å². The van der Waals surface area contributed by atoms with Crippen LogP contribution in [0.2, 0.25) is 0 Å². The number of nitrogens with zero attached hydrogens (tertiary/aromatic N) is 1. The lowest BCUT2D eigenvalue weighted by atomic mass is 10.2. The summed E-state index contributed by atoms with van der Waals surface area (Å²) in [4.78, 5) is 14.4. The van der Waals surface area contributed by atoms with E-state index in [4.69, 9.17) is 10.5 Å². The molecule has 19 heavy (non-hydrogen) atoms. The number of nitrogens with two attached hydrogens (primary N) is 1. The maximum atomic E-state index is 12.2. The first kappa shape index (κ1) is 13.8. The minimum Gasteiger partial charge on any atom is -0.397 e. The van der Waals surface area contributed by atoms with Gasteiger partial charge < -0.3 is 15.8 Å². The van der Waals surface area contributed by atoms with E-state index in [-0.39, 0.29) is 11.9 Å². The molecule has 5 heteroatoms. The fourth-order valence-electron chi connectivity index (χ4n) is 2.17. The summed E-state index contributed by atoms with van der Waals surface area (Å²) in [6.07, 6.45) is 0.963. The Hall–Kier alpha value is -1.59. The summed E-state index contributed by atoms with van der Waals surface area (Å²) in [6, 6.07) is 7.11. The fourth-order valence-corrected chi connectivity index (χ4v) is 2.17. The number of hydrogen-bond acceptors (Lipinski definition) is 4. The highest BCUT2D eigenvalue weighted by atomic mass is 16.5. The number of amides is 1. The highest BCUT2D eigenvalue weighted by molar-refractivity contribution is 5.97. The second-order valence-corrected chi connectivity index (χ2v) is 4.75. The highest BCUT2D eigenvalue weighted by Crippen LogP contribution is 2.17. The summed E-state index contributed by atoms with van der Waals surface area (Å²) >= 11 is 0. The van der Waals surface area contributed by atoms with Gasteiger partial charge in [-0.1, -0.05) is 12.1 Å². The monoisotopic (exact) mass is 263 g/mol. The Balaban J connectivity index is 1.97. The van der Waals surface area contributed by atoms with Gasteiger partial charge in [-0.05, 0) is 25.5 Å². The van der Waals surface area contributed by atoms with Crippen molar-refractivity contribution in [2.75, 3.05) is 37.4 Å². The molecular weight excluding hydrogens is 242 g/mol. The zero-order valence-corrected chi connectivity index (χ0v) is 11.3. The molecule has 3 N–H and O–H groups in total.